The zero-order valence-electron chi connectivity index (χ0n) is 12.0. The number of rotatable bonds is 5. The fourth-order valence-corrected chi connectivity index (χ4v) is 3.43. The molecule has 0 atom stereocenters. The molecule has 0 saturated heterocycles. The molecule has 1 fully saturated rings. The minimum atomic E-state index is 0.466. The van der Waals surface area contributed by atoms with Crippen molar-refractivity contribution in [3.8, 4) is 0 Å². The first-order valence-electron chi connectivity index (χ1n) is 7.02. The molecule has 1 aromatic carbocycles. The van der Waals surface area contributed by atoms with E-state index in [0.29, 0.717) is 12.6 Å². The van der Waals surface area contributed by atoms with Crippen molar-refractivity contribution in [3.05, 3.63) is 40.7 Å². The van der Waals surface area contributed by atoms with Crippen LogP contribution in [0.3, 0.4) is 0 Å². The summed E-state index contributed by atoms with van der Waals surface area (Å²) in [5.74, 6) is 1.85. The lowest BCUT2D eigenvalue weighted by atomic mass is 10.1. The fourth-order valence-electron chi connectivity index (χ4n) is 2.34. The normalized spacial score (nSPS) is 14.8. The molecular weight excluding hydrogens is 268 g/mol. The Morgan fingerprint density at radius 1 is 1.30 bits per heavy atom. The predicted octanol–water partition coefficient (Wildman–Crippen LogP) is 2.98. The monoisotopic (exact) mass is 288 g/mol. The highest BCUT2D eigenvalue weighted by molar-refractivity contribution is 7.98. The van der Waals surface area contributed by atoms with Crippen LogP contribution in [0.15, 0.2) is 23.4 Å². The van der Waals surface area contributed by atoms with Crippen LogP contribution in [0.1, 0.15) is 41.4 Å². The number of thioether (sulfide) groups is 1. The van der Waals surface area contributed by atoms with Crippen LogP contribution in [-0.2, 0) is 12.3 Å². The molecule has 1 aromatic heterocycles. The van der Waals surface area contributed by atoms with Crippen molar-refractivity contribution >= 4 is 11.8 Å². The highest BCUT2D eigenvalue weighted by Crippen LogP contribution is 2.39. The number of aromatic nitrogens is 3. The minimum absolute atomic E-state index is 0.466. The standard InChI is InChI=1S/C15H20N4S/c1-10-3-4-11(2)12(7-10)9-20-15-18-17-14(8-16)19(15)13-5-6-13/h3-4,7,13H,5-6,8-9,16H2,1-2H3. The summed E-state index contributed by atoms with van der Waals surface area (Å²) in [6.07, 6.45) is 2.45. The Bertz CT molecular complexity index is 616. The number of hydrogen-bond acceptors (Lipinski definition) is 4. The molecule has 3 rings (SSSR count). The second-order valence-electron chi connectivity index (χ2n) is 5.42. The average molecular weight is 288 g/mol. The molecule has 1 heterocycles. The summed E-state index contributed by atoms with van der Waals surface area (Å²) in [4.78, 5) is 0. The Morgan fingerprint density at radius 2 is 2.10 bits per heavy atom. The summed E-state index contributed by atoms with van der Waals surface area (Å²) in [6.45, 7) is 4.76. The van der Waals surface area contributed by atoms with E-state index in [0.717, 1.165) is 16.7 Å². The van der Waals surface area contributed by atoms with E-state index in [1.165, 1.54) is 29.5 Å². The van der Waals surface area contributed by atoms with Gasteiger partial charge in [0, 0.05) is 11.8 Å². The largest absolute Gasteiger partial charge is 0.324 e. The van der Waals surface area contributed by atoms with Gasteiger partial charge in [0.1, 0.15) is 5.82 Å². The highest BCUT2D eigenvalue weighted by Gasteiger charge is 2.29. The van der Waals surface area contributed by atoms with E-state index in [2.05, 4.69) is 46.8 Å². The van der Waals surface area contributed by atoms with Gasteiger partial charge in [-0.25, -0.2) is 0 Å². The van der Waals surface area contributed by atoms with Crippen molar-refractivity contribution < 1.29 is 0 Å². The zero-order chi connectivity index (χ0) is 14.1. The van der Waals surface area contributed by atoms with Crippen LogP contribution in [-0.4, -0.2) is 14.8 Å². The topological polar surface area (TPSA) is 56.7 Å². The molecule has 20 heavy (non-hydrogen) atoms. The van der Waals surface area contributed by atoms with Gasteiger partial charge >= 0.3 is 0 Å². The average Bonchev–Trinajstić information content (AvgIpc) is 3.20. The SMILES string of the molecule is Cc1ccc(C)c(CSc2nnc(CN)n2C2CC2)c1. The van der Waals surface area contributed by atoms with Crippen LogP contribution in [0.4, 0.5) is 0 Å². The van der Waals surface area contributed by atoms with Crippen LogP contribution >= 0.6 is 11.8 Å². The van der Waals surface area contributed by atoms with Gasteiger partial charge in [0.15, 0.2) is 5.16 Å². The molecule has 1 aliphatic carbocycles. The molecule has 0 radical (unpaired) electrons. The summed E-state index contributed by atoms with van der Waals surface area (Å²) in [7, 11) is 0. The number of nitrogens with zero attached hydrogens (tertiary/aromatic N) is 3. The maximum atomic E-state index is 5.75. The van der Waals surface area contributed by atoms with Gasteiger partial charge in [0.05, 0.1) is 6.54 Å². The molecule has 1 saturated carbocycles. The zero-order valence-corrected chi connectivity index (χ0v) is 12.8. The second kappa shape index (κ2) is 5.58. The van der Waals surface area contributed by atoms with Gasteiger partial charge in [0.2, 0.25) is 0 Å². The predicted molar refractivity (Wildman–Crippen MR) is 81.7 cm³/mol. The van der Waals surface area contributed by atoms with E-state index in [-0.39, 0.29) is 0 Å². The van der Waals surface area contributed by atoms with E-state index in [4.69, 9.17) is 5.73 Å². The highest BCUT2D eigenvalue weighted by atomic mass is 32.2. The molecule has 0 bridgehead atoms. The minimum Gasteiger partial charge on any atom is -0.324 e. The van der Waals surface area contributed by atoms with E-state index < -0.39 is 0 Å². The fraction of sp³-hybridized carbons (Fsp3) is 0.467. The van der Waals surface area contributed by atoms with Gasteiger partial charge in [-0.3, -0.25) is 0 Å². The second-order valence-corrected chi connectivity index (χ2v) is 6.37. The van der Waals surface area contributed by atoms with Gasteiger partial charge in [-0.1, -0.05) is 35.5 Å². The third kappa shape index (κ3) is 2.74. The quantitative estimate of drug-likeness (QED) is 0.859. The maximum absolute atomic E-state index is 5.75. The lowest BCUT2D eigenvalue weighted by Crippen LogP contribution is -2.08. The van der Waals surface area contributed by atoms with Crippen LogP contribution < -0.4 is 5.73 Å². The Kier molecular flexibility index (Phi) is 3.81. The van der Waals surface area contributed by atoms with E-state index >= 15 is 0 Å². The lowest BCUT2D eigenvalue weighted by Gasteiger charge is -2.09. The van der Waals surface area contributed by atoms with Crippen molar-refractivity contribution in [2.24, 2.45) is 5.73 Å². The van der Waals surface area contributed by atoms with Gasteiger partial charge in [-0.2, -0.15) is 0 Å². The molecule has 0 amide bonds. The molecular formula is C15H20N4S. The Labute approximate surface area is 123 Å². The molecule has 0 spiro atoms. The number of hydrogen-bond donors (Lipinski definition) is 1. The van der Waals surface area contributed by atoms with Crippen molar-refractivity contribution in [2.75, 3.05) is 0 Å². The smallest absolute Gasteiger partial charge is 0.191 e. The molecule has 2 N–H and O–H groups in total. The van der Waals surface area contributed by atoms with Crippen LogP contribution in [0, 0.1) is 13.8 Å². The van der Waals surface area contributed by atoms with Gasteiger partial charge < -0.3 is 10.3 Å². The van der Waals surface area contributed by atoms with Crippen molar-refractivity contribution in [2.45, 2.75) is 50.2 Å². The van der Waals surface area contributed by atoms with E-state index in [1.807, 2.05) is 0 Å². The first-order chi connectivity index (χ1) is 9.69. The molecule has 0 aliphatic heterocycles. The number of benzene rings is 1. The molecule has 106 valence electrons. The molecule has 4 nitrogen and oxygen atoms in total. The van der Waals surface area contributed by atoms with Crippen molar-refractivity contribution in [1.29, 1.82) is 0 Å². The molecule has 5 heteroatoms. The first kappa shape index (κ1) is 13.6. The van der Waals surface area contributed by atoms with E-state index in [1.54, 1.807) is 11.8 Å². The lowest BCUT2D eigenvalue weighted by molar-refractivity contribution is 0.626. The van der Waals surface area contributed by atoms with Gasteiger partial charge in [-0.05, 0) is 37.8 Å². The van der Waals surface area contributed by atoms with Crippen molar-refractivity contribution in [3.63, 3.8) is 0 Å². The Balaban J connectivity index is 1.78. The Morgan fingerprint density at radius 3 is 2.80 bits per heavy atom. The summed E-state index contributed by atoms with van der Waals surface area (Å²) >= 11 is 1.76. The maximum Gasteiger partial charge on any atom is 0.191 e. The third-order valence-electron chi connectivity index (χ3n) is 3.69. The molecule has 2 aromatic rings. The van der Waals surface area contributed by atoms with Crippen molar-refractivity contribution in [1.82, 2.24) is 14.8 Å². The number of aryl methyl sites for hydroxylation is 2. The van der Waals surface area contributed by atoms with Crippen LogP contribution in [0.5, 0.6) is 0 Å². The Hall–Kier alpha value is -1.33. The van der Waals surface area contributed by atoms with Gasteiger partial charge in [0.25, 0.3) is 0 Å². The van der Waals surface area contributed by atoms with Crippen LogP contribution in [0.2, 0.25) is 0 Å². The first-order valence-corrected chi connectivity index (χ1v) is 8.00. The summed E-state index contributed by atoms with van der Waals surface area (Å²) in [6, 6.07) is 7.17. The van der Waals surface area contributed by atoms with Crippen LogP contribution in [0.25, 0.3) is 0 Å². The summed E-state index contributed by atoms with van der Waals surface area (Å²) < 4.78 is 2.23. The van der Waals surface area contributed by atoms with Gasteiger partial charge in [-0.15, -0.1) is 10.2 Å². The summed E-state index contributed by atoms with van der Waals surface area (Å²) in [5.41, 5.74) is 9.75. The molecule has 1 aliphatic rings. The molecule has 0 unspecified atom stereocenters. The van der Waals surface area contributed by atoms with E-state index in [9.17, 15) is 0 Å². The summed E-state index contributed by atoms with van der Waals surface area (Å²) in [5, 5.41) is 9.53. The number of nitrogens with two attached hydrogens (primary N) is 1. The third-order valence-corrected chi connectivity index (χ3v) is 4.68.